The van der Waals surface area contributed by atoms with Crippen LogP contribution < -0.4 is 6.15 Å². The van der Waals surface area contributed by atoms with E-state index in [1.807, 2.05) is 0 Å². The number of carboxylic acid groups (broad SMARTS) is 2. The Morgan fingerprint density at radius 2 is 1.00 bits per heavy atom. The van der Waals surface area contributed by atoms with Crippen LogP contribution in [0.5, 0.6) is 0 Å². The van der Waals surface area contributed by atoms with E-state index in [1.165, 1.54) is 0 Å². The molecule has 5 N–H and O–H groups in total. The van der Waals surface area contributed by atoms with E-state index < -0.39 is 0 Å². The van der Waals surface area contributed by atoms with Crippen molar-refractivity contribution in [1.29, 1.82) is 0 Å². The molecule has 0 spiro atoms. The Hall–Kier alpha value is 1.80. The second kappa shape index (κ2) is 52.6. The molecule has 0 atom stereocenters. The van der Waals surface area contributed by atoms with Gasteiger partial charge in [0.1, 0.15) is 0 Å². The fraction of sp³-hybridized carbons (Fsp3) is 0. The molecule has 0 aromatic heterocycles. The third kappa shape index (κ3) is 185. The summed E-state index contributed by atoms with van der Waals surface area (Å²) < 4.78 is 0. The average Bonchev–Trinajstić information content (AvgIpc) is 1.39. The van der Waals surface area contributed by atoms with Gasteiger partial charge in [-0.1, -0.05) is 0 Å². The number of rotatable bonds is 0. The van der Waals surface area contributed by atoms with Crippen LogP contribution in [-0.2, 0) is 9.59 Å². The van der Waals surface area contributed by atoms with E-state index in [2.05, 4.69) is 0 Å². The van der Waals surface area contributed by atoms with Gasteiger partial charge in [0.2, 0.25) is 0 Å². The summed E-state index contributed by atoms with van der Waals surface area (Å²) in [6, 6.07) is 0. The van der Waals surface area contributed by atoms with Gasteiger partial charge in [-0.25, -0.2) is 0 Å². The van der Waals surface area contributed by atoms with Gasteiger partial charge in [0.25, 0.3) is 12.9 Å². The summed E-state index contributed by atoms with van der Waals surface area (Å²) in [6.45, 7) is -0.500. The van der Waals surface area contributed by atoms with Gasteiger partial charge in [-0.15, -0.1) is 0 Å². The second-order valence-corrected chi connectivity index (χ2v) is 0.211. The van der Waals surface area contributed by atoms with Crippen molar-refractivity contribution in [3.8, 4) is 0 Å². The molecule has 0 aromatic rings. The van der Waals surface area contributed by atoms with Gasteiger partial charge in [0, 0.05) is 0 Å². The van der Waals surface area contributed by atoms with E-state index in [9.17, 15) is 0 Å². The SMILES string of the molecule is N.O=CO.O=CO.[CaH2].[KH]. The third-order valence-corrected chi connectivity index (χ3v) is 0. The molecule has 0 unspecified atom stereocenters. The first-order chi connectivity index (χ1) is 2.83. The Labute approximate surface area is 125 Å². The number of carbonyl (C=O) groups is 2. The topological polar surface area (TPSA) is 110 Å². The zero-order chi connectivity index (χ0) is 5.41. The molecule has 0 rings (SSSR count). The van der Waals surface area contributed by atoms with Gasteiger partial charge in [-0.05, 0) is 0 Å². The minimum atomic E-state index is -0.250. The molecular weight excluding hydrogens is 181 g/mol. The molecule has 0 saturated carbocycles. The first-order valence-corrected chi connectivity index (χ1v) is 0.988. The summed E-state index contributed by atoms with van der Waals surface area (Å²) in [6.07, 6.45) is 0. The molecule has 0 aliphatic heterocycles. The third-order valence-electron chi connectivity index (χ3n) is 0. The molecule has 0 amide bonds. The molecule has 0 aromatic carbocycles. The molecule has 0 radical (unpaired) electrons. The molecule has 0 fully saturated rings. The van der Waals surface area contributed by atoms with Gasteiger partial charge in [-0.2, -0.15) is 0 Å². The van der Waals surface area contributed by atoms with Crippen LogP contribution in [0.1, 0.15) is 0 Å². The van der Waals surface area contributed by atoms with Crippen LogP contribution in [0.15, 0.2) is 0 Å². The van der Waals surface area contributed by atoms with E-state index in [1.54, 1.807) is 0 Å². The van der Waals surface area contributed by atoms with Gasteiger partial charge in [0.05, 0.1) is 0 Å². The Balaban J connectivity index is -0.00000000889. The maximum atomic E-state index is 8.36. The molecule has 50 valence electrons. The molecule has 0 saturated heterocycles. The molecule has 0 aliphatic carbocycles. The second-order valence-electron chi connectivity index (χ2n) is 0.211. The van der Waals surface area contributed by atoms with Crippen molar-refractivity contribution < 1.29 is 19.8 Å². The predicted molar refractivity (Wildman–Crippen MR) is 38.1 cm³/mol. The quantitative estimate of drug-likeness (QED) is 0.303. The maximum absolute atomic E-state index is 8.36. The van der Waals surface area contributed by atoms with Crippen molar-refractivity contribution in [2.24, 2.45) is 0 Å². The van der Waals surface area contributed by atoms with E-state index >= 15 is 0 Å². The van der Waals surface area contributed by atoms with Crippen molar-refractivity contribution in [3.05, 3.63) is 0 Å². The van der Waals surface area contributed by atoms with Crippen molar-refractivity contribution in [2.75, 3.05) is 0 Å². The molecule has 0 aliphatic rings. The summed E-state index contributed by atoms with van der Waals surface area (Å²) in [5.74, 6) is 0. The normalized spacial score (nSPS) is 2.67. The van der Waals surface area contributed by atoms with Crippen LogP contribution in [0.4, 0.5) is 0 Å². The first-order valence-electron chi connectivity index (χ1n) is 0.988. The molecule has 0 heterocycles. The number of hydrogen-bond donors (Lipinski definition) is 3. The Morgan fingerprint density at radius 1 is 1.00 bits per heavy atom. The van der Waals surface area contributed by atoms with Crippen LogP contribution in [0.2, 0.25) is 0 Å². The number of hydrogen-bond acceptors (Lipinski definition) is 3. The Bertz CT molecular complexity index is 39.5. The van der Waals surface area contributed by atoms with Crippen molar-refractivity contribution in [3.63, 3.8) is 0 Å². The fourth-order valence-corrected chi connectivity index (χ4v) is 0. The van der Waals surface area contributed by atoms with E-state index in [0.29, 0.717) is 0 Å². The molecule has 0 bridgehead atoms. The van der Waals surface area contributed by atoms with Crippen LogP contribution in [0, 0.1) is 0 Å². The standard InChI is InChI=1S/2CH2O2.Ca.K.H3N.3H/c2*2-1-3;;;;;;/h2*1H,(H,2,3);;;1H3;;;. The Morgan fingerprint density at radius 3 is 1.00 bits per heavy atom. The summed E-state index contributed by atoms with van der Waals surface area (Å²) in [5, 5.41) is 13.8. The summed E-state index contributed by atoms with van der Waals surface area (Å²) >= 11 is 0. The van der Waals surface area contributed by atoms with Crippen molar-refractivity contribution in [1.82, 2.24) is 6.15 Å². The van der Waals surface area contributed by atoms with Crippen LogP contribution in [0.25, 0.3) is 0 Å². The predicted octanol–water partition coefficient (Wildman–Crippen LogP) is -2.00. The molecule has 5 nitrogen and oxygen atoms in total. The Kier molecular flexibility index (Phi) is 180. The minimum absolute atomic E-state index is 0. The van der Waals surface area contributed by atoms with Crippen molar-refractivity contribution >= 4 is 102 Å². The van der Waals surface area contributed by atoms with Crippen LogP contribution >= 0.6 is 0 Å². The van der Waals surface area contributed by atoms with Crippen LogP contribution in [-0.4, -0.2) is 112 Å². The summed E-state index contributed by atoms with van der Waals surface area (Å²) in [7, 11) is 0. The fourth-order valence-electron chi connectivity index (χ4n) is 0. The van der Waals surface area contributed by atoms with Gasteiger partial charge in [-0.3, -0.25) is 9.59 Å². The van der Waals surface area contributed by atoms with Gasteiger partial charge >= 0.3 is 89.1 Å². The van der Waals surface area contributed by atoms with Crippen LogP contribution in [0.3, 0.4) is 0 Å². The zero-order valence-corrected chi connectivity index (χ0v) is 3.57. The monoisotopic (exact) mass is 191 g/mol. The van der Waals surface area contributed by atoms with Gasteiger partial charge in [0.15, 0.2) is 0 Å². The van der Waals surface area contributed by atoms with E-state index in [-0.39, 0.29) is 108 Å². The zero-order valence-electron chi connectivity index (χ0n) is 3.57. The first kappa shape index (κ1) is 30.8. The van der Waals surface area contributed by atoms with E-state index in [0.717, 1.165) is 0 Å². The molecular formula is C2H10CaKNO4. The molecule has 7 heteroatoms. The summed E-state index contributed by atoms with van der Waals surface area (Å²) in [5.41, 5.74) is 0. The molecule has 9 heavy (non-hydrogen) atoms. The van der Waals surface area contributed by atoms with Crippen molar-refractivity contribution in [2.45, 2.75) is 0 Å². The van der Waals surface area contributed by atoms with E-state index in [4.69, 9.17) is 19.8 Å². The van der Waals surface area contributed by atoms with Gasteiger partial charge < -0.3 is 16.4 Å². The summed E-state index contributed by atoms with van der Waals surface area (Å²) in [4.78, 5) is 16.7. The average molecular weight is 191 g/mol.